The van der Waals surface area contributed by atoms with Crippen LogP contribution in [-0.2, 0) is 9.31 Å². The van der Waals surface area contributed by atoms with Gasteiger partial charge in [-0.3, -0.25) is 0 Å². The summed E-state index contributed by atoms with van der Waals surface area (Å²) in [6, 6.07) is 1.74. The minimum atomic E-state index is -0.380. The van der Waals surface area contributed by atoms with Gasteiger partial charge in [0.1, 0.15) is 5.82 Å². The molecular formula is C10H12BClN2O2. The molecule has 1 aliphatic carbocycles. The van der Waals surface area contributed by atoms with Crippen LogP contribution in [0.5, 0.6) is 0 Å². The molecule has 3 rings (SSSR count). The lowest BCUT2D eigenvalue weighted by Gasteiger charge is -2.11. The van der Waals surface area contributed by atoms with E-state index in [4.69, 9.17) is 26.6 Å². The first kappa shape index (κ1) is 10.4. The summed E-state index contributed by atoms with van der Waals surface area (Å²) in [5.74, 6) is 0.325. The number of halogens is 1. The van der Waals surface area contributed by atoms with E-state index in [1.165, 1.54) is 0 Å². The highest BCUT2D eigenvalue weighted by molar-refractivity contribution is 6.62. The second-order valence-electron chi connectivity index (χ2n) is 4.84. The highest BCUT2D eigenvalue weighted by atomic mass is 35.5. The Bertz CT molecular complexity index is 456. The van der Waals surface area contributed by atoms with Gasteiger partial charge in [-0.25, -0.2) is 4.98 Å². The molecule has 2 aliphatic rings. The zero-order valence-electron chi connectivity index (χ0n) is 9.16. The fourth-order valence-corrected chi connectivity index (χ4v) is 2.33. The normalized spacial score (nSPS) is 36.3. The number of pyridine rings is 1. The Morgan fingerprint density at radius 1 is 1.44 bits per heavy atom. The van der Waals surface area contributed by atoms with Crippen molar-refractivity contribution in [3.8, 4) is 0 Å². The van der Waals surface area contributed by atoms with Crippen LogP contribution in [0, 0.1) is 0 Å². The van der Waals surface area contributed by atoms with Crippen LogP contribution in [-0.4, -0.2) is 23.3 Å². The van der Waals surface area contributed by atoms with Crippen LogP contribution >= 0.6 is 11.6 Å². The Morgan fingerprint density at radius 2 is 2.06 bits per heavy atom. The molecule has 6 heteroatoms. The zero-order chi connectivity index (χ0) is 11.6. The number of hydrogen-bond donors (Lipinski definition) is 1. The summed E-state index contributed by atoms with van der Waals surface area (Å²) in [5.41, 5.74) is 6.04. The van der Waals surface area contributed by atoms with Gasteiger partial charge in [0.2, 0.25) is 0 Å². The van der Waals surface area contributed by atoms with E-state index in [-0.39, 0.29) is 18.3 Å². The first-order valence-electron chi connectivity index (χ1n) is 5.20. The van der Waals surface area contributed by atoms with Crippen LogP contribution in [0.1, 0.15) is 20.3 Å². The molecule has 0 bridgehead atoms. The second-order valence-corrected chi connectivity index (χ2v) is 5.25. The number of anilines is 1. The number of hydrogen-bond acceptors (Lipinski definition) is 4. The summed E-state index contributed by atoms with van der Waals surface area (Å²) in [6.07, 6.45) is 2.58. The average molecular weight is 238 g/mol. The molecule has 0 radical (unpaired) electrons. The molecule has 4 nitrogen and oxygen atoms in total. The largest absolute Gasteiger partial charge is 0.496 e. The molecule has 1 aliphatic heterocycles. The van der Waals surface area contributed by atoms with E-state index in [1.54, 1.807) is 12.3 Å². The molecule has 84 valence electrons. The standard InChI is InChI=1S/C10H12BClN2O2/c1-9-5-10(9,2)16-11(15-9)6-3-7(12)8(13)14-4-6/h3-4H,5H2,1-2H3,(H2,13,14). The summed E-state index contributed by atoms with van der Waals surface area (Å²) in [4.78, 5) is 3.99. The van der Waals surface area contributed by atoms with Crippen LogP contribution in [0.4, 0.5) is 5.82 Å². The second kappa shape index (κ2) is 2.91. The van der Waals surface area contributed by atoms with Crippen molar-refractivity contribution in [2.75, 3.05) is 5.73 Å². The maximum absolute atomic E-state index is 5.91. The van der Waals surface area contributed by atoms with E-state index in [1.807, 2.05) is 0 Å². The summed E-state index contributed by atoms with van der Waals surface area (Å²) in [6.45, 7) is 4.11. The minimum absolute atomic E-state index is 0.161. The molecule has 0 amide bonds. The predicted molar refractivity (Wildman–Crippen MR) is 62.6 cm³/mol. The average Bonchev–Trinajstić information content (AvgIpc) is 2.61. The SMILES string of the molecule is CC12CC1(C)OB(c1cnc(N)c(Cl)c1)O2. The van der Waals surface area contributed by atoms with Crippen molar-refractivity contribution in [3.05, 3.63) is 17.3 Å². The van der Waals surface area contributed by atoms with Crippen molar-refractivity contribution < 1.29 is 9.31 Å². The Kier molecular flexibility index (Phi) is 1.89. The molecule has 1 saturated carbocycles. The molecule has 2 atom stereocenters. The molecule has 0 spiro atoms. The van der Waals surface area contributed by atoms with Crippen LogP contribution in [0.2, 0.25) is 5.02 Å². The molecule has 1 saturated heterocycles. The molecule has 16 heavy (non-hydrogen) atoms. The molecule has 2 fully saturated rings. The number of nitrogens with zero attached hydrogens (tertiary/aromatic N) is 1. The van der Waals surface area contributed by atoms with Gasteiger partial charge in [0.15, 0.2) is 0 Å². The monoisotopic (exact) mass is 238 g/mol. The third-order valence-corrected chi connectivity index (χ3v) is 3.87. The molecule has 2 heterocycles. The minimum Gasteiger partial charge on any atom is -0.399 e. The maximum Gasteiger partial charge on any atom is 0.496 e. The van der Waals surface area contributed by atoms with Crippen LogP contribution < -0.4 is 11.2 Å². The van der Waals surface area contributed by atoms with Crippen molar-refractivity contribution in [1.82, 2.24) is 4.98 Å². The Labute approximate surface area is 99.2 Å². The topological polar surface area (TPSA) is 57.4 Å². The number of rotatable bonds is 1. The highest BCUT2D eigenvalue weighted by Gasteiger charge is 2.71. The van der Waals surface area contributed by atoms with Crippen LogP contribution in [0.15, 0.2) is 12.3 Å². The van der Waals surface area contributed by atoms with Gasteiger partial charge < -0.3 is 15.0 Å². The first-order chi connectivity index (χ1) is 7.44. The van der Waals surface area contributed by atoms with Gasteiger partial charge in [0.05, 0.1) is 16.2 Å². The number of nitrogens with two attached hydrogens (primary N) is 1. The lowest BCUT2D eigenvalue weighted by Crippen LogP contribution is -2.36. The lowest BCUT2D eigenvalue weighted by molar-refractivity contribution is 0.187. The van der Waals surface area contributed by atoms with Gasteiger partial charge in [-0.15, -0.1) is 0 Å². The van der Waals surface area contributed by atoms with Gasteiger partial charge in [0, 0.05) is 18.1 Å². The first-order valence-corrected chi connectivity index (χ1v) is 5.58. The lowest BCUT2D eigenvalue weighted by atomic mass is 9.80. The molecular weight excluding hydrogens is 226 g/mol. The van der Waals surface area contributed by atoms with E-state index in [9.17, 15) is 0 Å². The van der Waals surface area contributed by atoms with Crippen molar-refractivity contribution in [2.45, 2.75) is 31.5 Å². The third kappa shape index (κ3) is 1.28. The van der Waals surface area contributed by atoms with Gasteiger partial charge in [-0.05, 0) is 19.9 Å². The van der Waals surface area contributed by atoms with Crippen molar-refractivity contribution >= 4 is 30.0 Å². The Balaban J connectivity index is 1.87. The molecule has 1 aromatic heterocycles. The van der Waals surface area contributed by atoms with E-state index in [0.717, 1.165) is 11.9 Å². The number of aromatic nitrogens is 1. The van der Waals surface area contributed by atoms with Crippen molar-refractivity contribution in [1.29, 1.82) is 0 Å². The zero-order valence-corrected chi connectivity index (χ0v) is 9.91. The van der Waals surface area contributed by atoms with Crippen molar-refractivity contribution in [3.63, 3.8) is 0 Å². The van der Waals surface area contributed by atoms with E-state index in [2.05, 4.69) is 18.8 Å². The van der Waals surface area contributed by atoms with Crippen molar-refractivity contribution in [2.24, 2.45) is 0 Å². The van der Waals surface area contributed by atoms with Gasteiger partial charge in [-0.2, -0.15) is 0 Å². The van der Waals surface area contributed by atoms with E-state index in [0.29, 0.717) is 10.8 Å². The van der Waals surface area contributed by atoms with Gasteiger partial charge in [0.25, 0.3) is 0 Å². The molecule has 1 aromatic rings. The predicted octanol–water partition coefficient (Wildman–Crippen LogP) is 0.980. The Morgan fingerprint density at radius 3 is 2.62 bits per heavy atom. The van der Waals surface area contributed by atoms with E-state index >= 15 is 0 Å². The quantitative estimate of drug-likeness (QED) is 0.741. The highest BCUT2D eigenvalue weighted by Crippen LogP contribution is 2.58. The summed E-state index contributed by atoms with van der Waals surface area (Å²) < 4.78 is 11.7. The fraction of sp³-hybridized carbons (Fsp3) is 0.500. The number of nitrogen functional groups attached to an aromatic ring is 1. The molecule has 2 unspecified atom stereocenters. The fourth-order valence-electron chi connectivity index (χ4n) is 2.16. The summed E-state index contributed by atoms with van der Waals surface area (Å²) >= 11 is 5.91. The maximum atomic E-state index is 5.91. The summed E-state index contributed by atoms with van der Waals surface area (Å²) in [7, 11) is -0.380. The van der Waals surface area contributed by atoms with Crippen LogP contribution in [0.3, 0.4) is 0 Å². The van der Waals surface area contributed by atoms with E-state index < -0.39 is 0 Å². The van der Waals surface area contributed by atoms with Crippen LogP contribution in [0.25, 0.3) is 0 Å². The number of fused-ring (bicyclic) bond motifs is 1. The smallest absolute Gasteiger partial charge is 0.399 e. The summed E-state index contributed by atoms with van der Waals surface area (Å²) in [5, 5.41) is 0.431. The Hall–Kier alpha value is -0.775. The molecule has 0 aromatic carbocycles. The van der Waals surface area contributed by atoms with Gasteiger partial charge in [-0.1, -0.05) is 11.6 Å². The molecule has 2 N–H and O–H groups in total. The van der Waals surface area contributed by atoms with Gasteiger partial charge >= 0.3 is 7.12 Å². The third-order valence-electron chi connectivity index (χ3n) is 3.57.